The van der Waals surface area contributed by atoms with Crippen LogP contribution >= 0.6 is 22.9 Å². The van der Waals surface area contributed by atoms with Crippen LogP contribution in [0.25, 0.3) is 11.3 Å². The lowest BCUT2D eigenvalue weighted by atomic mass is 10.0. The predicted octanol–water partition coefficient (Wildman–Crippen LogP) is 4.96. The van der Waals surface area contributed by atoms with Gasteiger partial charge < -0.3 is 4.90 Å². The Hall–Kier alpha value is -1.77. The van der Waals surface area contributed by atoms with Crippen LogP contribution in [0.1, 0.15) is 19.8 Å². The predicted molar refractivity (Wildman–Crippen MR) is 118 cm³/mol. The maximum Gasteiger partial charge on any atom is 0.185 e. The molecule has 2 unspecified atom stereocenters. The monoisotopic (exact) mass is 470 g/mol. The normalized spacial score (nSPS) is 25.1. The zero-order valence-corrected chi connectivity index (χ0v) is 18.7. The molecular formula is C21H21ClF2N2O2S2. The maximum absolute atomic E-state index is 13.5. The van der Waals surface area contributed by atoms with E-state index in [9.17, 15) is 17.2 Å². The molecule has 1 saturated heterocycles. The van der Waals surface area contributed by atoms with Gasteiger partial charge in [-0.25, -0.2) is 22.2 Å². The summed E-state index contributed by atoms with van der Waals surface area (Å²) in [5.74, 6) is -1.81. The average Bonchev–Trinajstić information content (AvgIpc) is 3.20. The molecule has 1 aromatic heterocycles. The fourth-order valence-electron chi connectivity index (χ4n) is 3.90. The second-order valence-corrected chi connectivity index (χ2v) is 11.7. The molecule has 0 saturated carbocycles. The van der Waals surface area contributed by atoms with Crippen molar-refractivity contribution in [3.63, 3.8) is 0 Å². The number of halogens is 3. The minimum Gasteiger partial charge on any atom is -0.348 e. The lowest BCUT2D eigenvalue weighted by molar-refractivity contribution is 0.509. The number of benzene rings is 1. The molecule has 0 radical (unpaired) electrons. The minimum atomic E-state index is -3.44. The van der Waals surface area contributed by atoms with Gasteiger partial charge in [-0.05, 0) is 38.0 Å². The van der Waals surface area contributed by atoms with E-state index in [1.54, 1.807) is 36.6 Å². The van der Waals surface area contributed by atoms with Crippen LogP contribution in [0.2, 0.25) is 0 Å². The van der Waals surface area contributed by atoms with Gasteiger partial charge in [-0.3, -0.25) is 0 Å². The molecule has 160 valence electrons. The van der Waals surface area contributed by atoms with Crippen molar-refractivity contribution in [1.29, 1.82) is 0 Å². The molecule has 0 N–H and O–H groups in total. The Balaban J connectivity index is 1.45. The number of sulfone groups is 1. The fourth-order valence-corrected chi connectivity index (χ4v) is 7.62. The van der Waals surface area contributed by atoms with Crippen molar-refractivity contribution in [2.75, 3.05) is 18.0 Å². The van der Waals surface area contributed by atoms with Crippen molar-refractivity contribution in [2.45, 2.75) is 35.1 Å². The number of hydrogen-bond donors (Lipinski definition) is 0. The van der Waals surface area contributed by atoms with Crippen LogP contribution in [0.5, 0.6) is 0 Å². The first-order valence-electron chi connectivity index (χ1n) is 9.62. The Morgan fingerprint density at radius 2 is 1.93 bits per heavy atom. The molecule has 9 heteroatoms. The quantitative estimate of drug-likeness (QED) is 0.592. The molecule has 0 spiro atoms. The standard InChI is InChI=1S/C21H21ClF2N2O2S2/c1-21(22)9-3-2-4-19(21)30(27,28)15-7-10-26(11-8-15)20-25-18(13-29-20)14-5-6-16(23)17(24)12-14/h2-6,9,12-13,15,19H,7-8,10-11H2,1H3. The molecule has 1 fully saturated rings. The summed E-state index contributed by atoms with van der Waals surface area (Å²) in [5.41, 5.74) is 1.08. The largest absolute Gasteiger partial charge is 0.348 e. The Morgan fingerprint density at radius 1 is 1.20 bits per heavy atom. The summed E-state index contributed by atoms with van der Waals surface area (Å²) in [7, 11) is -3.44. The smallest absolute Gasteiger partial charge is 0.185 e. The van der Waals surface area contributed by atoms with Crippen molar-refractivity contribution >= 4 is 37.9 Å². The molecule has 1 aliphatic heterocycles. The van der Waals surface area contributed by atoms with E-state index in [0.717, 1.165) is 17.3 Å². The minimum absolute atomic E-state index is 0.460. The van der Waals surface area contributed by atoms with Crippen molar-refractivity contribution in [2.24, 2.45) is 0 Å². The van der Waals surface area contributed by atoms with E-state index >= 15 is 0 Å². The van der Waals surface area contributed by atoms with Crippen LogP contribution in [-0.2, 0) is 9.84 Å². The summed E-state index contributed by atoms with van der Waals surface area (Å²) in [4.78, 5) is 5.63. The second-order valence-electron chi connectivity index (χ2n) is 7.74. The van der Waals surface area contributed by atoms with Gasteiger partial charge in [0, 0.05) is 24.0 Å². The number of alkyl halides is 1. The number of anilines is 1. The fraction of sp³-hybridized carbons (Fsp3) is 0.381. The number of hydrogen-bond acceptors (Lipinski definition) is 5. The highest BCUT2D eigenvalue weighted by Crippen LogP contribution is 2.36. The first-order valence-corrected chi connectivity index (χ1v) is 12.5. The first kappa shape index (κ1) is 21.5. The van der Waals surface area contributed by atoms with Gasteiger partial charge in [0.05, 0.1) is 15.8 Å². The lowest BCUT2D eigenvalue weighted by Gasteiger charge is -2.36. The molecule has 1 aliphatic carbocycles. The van der Waals surface area contributed by atoms with Crippen molar-refractivity contribution in [3.8, 4) is 11.3 Å². The van der Waals surface area contributed by atoms with E-state index in [2.05, 4.69) is 4.98 Å². The number of rotatable bonds is 4. The van der Waals surface area contributed by atoms with Crippen LogP contribution in [-0.4, -0.2) is 41.9 Å². The molecular weight excluding hydrogens is 450 g/mol. The lowest BCUT2D eigenvalue weighted by Crippen LogP contribution is -2.47. The number of piperidine rings is 1. The molecule has 0 bridgehead atoms. The van der Waals surface area contributed by atoms with Crippen LogP contribution in [0.3, 0.4) is 0 Å². The molecule has 4 rings (SSSR count). The summed E-state index contributed by atoms with van der Waals surface area (Å²) in [6, 6.07) is 3.70. The van der Waals surface area contributed by atoms with E-state index < -0.39 is 36.8 Å². The Bertz CT molecular complexity index is 1100. The van der Waals surface area contributed by atoms with Gasteiger partial charge in [-0.1, -0.05) is 24.3 Å². The van der Waals surface area contributed by atoms with E-state index in [-0.39, 0.29) is 0 Å². The van der Waals surface area contributed by atoms with Crippen LogP contribution in [0.4, 0.5) is 13.9 Å². The number of thiazole rings is 1. The molecule has 2 atom stereocenters. The van der Waals surface area contributed by atoms with Gasteiger partial charge in [0.25, 0.3) is 0 Å². The zero-order chi connectivity index (χ0) is 21.5. The summed E-state index contributed by atoms with van der Waals surface area (Å²) >= 11 is 7.87. The number of aromatic nitrogens is 1. The average molecular weight is 471 g/mol. The van der Waals surface area contributed by atoms with Crippen molar-refractivity contribution < 1.29 is 17.2 Å². The molecule has 4 nitrogen and oxygen atoms in total. The van der Waals surface area contributed by atoms with Crippen molar-refractivity contribution in [1.82, 2.24) is 4.98 Å². The molecule has 30 heavy (non-hydrogen) atoms. The third-order valence-electron chi connectivity index (χ3n) is 5.61. The van der Waals surface area contributed by atoms with E-state index in [0.29, 0.717) is 37.2 Å². The van der Waals surface area contributed by atoms with Gasteiger partial charge in [0.1, 0.15) is 5.25 Å². The highest BCUT2D eigenvalue weighted by Gasteiger charge is 2.44. The molecule has 0 amide bonds. The maximum atomic E-state index is 13.5. The molecule has 2 heterocycles. The van der Waals surface area contributed by atoms with Gasteiger partial charge in [0.2, 0.25) is 0 Å². The van der Waals surface area contributed by atoms with Crippen LogP contribution in [0, 0.1) is 11.6 Å². The van der Waals surface area contributed by atoms with Gasteiger partial charge >= 0.3 is 0 Å². The Kier molecular flexibility index (Phi) is 5.76. The Morgan fingerprint density at radius 3 is 2.60 bits per heavy atom. The summed E-state index contributed by atoms with van der Waals surface area (Å²) in [5, 5.41) is 1.34. The van der Waals surface area contributed by atoms with Crippen LogP contribution < -0.4 is 4.90 Å². The topological polar surface area (TPSA) is 50.3 Å². The Labute approximate surface area is 183 Å². The third-order valence-corrected chi connectivity index (χ3v) is 9.76. The van der Waals surface area contributed by atoms with Gasteiger partial charge in [0.15, 0.2) is 26.6 Å². The number of allylic oxidation sites excluding steroid dienone is 3. The molecule has 2 aromatic rings. The van der Waals surface area contributed by atoms with Gasteiger partial charge in [-0.2, -0.15) is 0 Å². The van der Waals surface area contributed by atoms with Gasteiger partial charge in [-0.15, -0.1) is 22.9 Å². The van der Waals surface area contributed by atoms with E-state index in [4.69, 9.17) is 11.6 Å². The third kappa shape index (κ3) is 4.05. The number of nitrogens with zero attached hydrogens (tertiary/aromatic N) is 2. The zero-order valence-electron chi connectivity index (χ0n) is 16.3. The molecule has 1 aromatic carbocycles. The highest BCUT2D eigenvalue weighted by molar-refractivity contribution is 7.93. The molecule has 2 aliphatic rings. The van der Waals surface area contributed by atoms with Crippen LogP contribution in [0.15, 0.2) is 47.9 Å². The van der Waals surface area contributed by atoms with Crippen molar-refractivity contribution in [3.05, 3.63) is 59.5 Å². The summed E-state index contributed by atoms with van der Waals surface area (Å²) < 4.78 is 53.0. The summed E-state index contributed by atoms with van der Waals surface area (Å²) in [6.07, 6.45) is 7.88. The summed E-state index contributed by atoms with van der Waals surface area (Å²) in [6.45, 7) is 2.83. The second kappa shape index (κ2) is 8.05. The van der Waals surface area contributed by atoms with E-state index in [1.165, 1.54) is 17.4 Å². The SMILES string of the molecule is CC1(Cl)C=CC=CC1S(=O)(=O)C1CCN(c2nc(-c3ccc(F)c(F)c3)cs2)CC1. The first-order chi connectivity index (χ1) is 14.2. The highest BCUT2D eigenvalue weighted by atomic mass is 35.5. The van der Waals surface area contributed by atoms with E-state index in [1.807, 2.05) is 4.90 Å².